The van der Waals surface area contributed by atoms with E-state index in [1.165, 1.54) is 32.1 Å². The van der Waals surface area contributed by atoms with Crippen molar-refractivity contribution in [2.45, 2.75) is 65.7 Å². The van der Waals surface area contributed by atoms with Gasteiger partial charge >= 0.3 is 0 Å². The molecule has 0 aliphatic heterocycles. The zero-order valence-electron chi connectivity index (χ0n) is 10.0. The smallest absolute Gasteiger partial charge is 0.00913 e. The maximum absolute atomic E-state index is 3.26. The highest BCUT2D eigenvalue weighted by molar-refractivity contribution is 5.00. The van der Waals surface area contributed by atoms with Crippen LogP contribution in [0.25, 0.3) is 0 Å². The maximum atomic E-state index is 3.26. The highest BCUT2D eigenvalue weighted by Crippen LogP contribution is 2.28. The van der Waals surface area contributed by atoms with Crippen LogP contribution < -0.4 is 0 Å². The molecule has 1 unspecified atom stereocenters. The standard InChI is InChI=1S/C14H24/c1-14(2,3)12-11-13-9-7-5-4-6-8-10-13/h13H,5,7-12H2,1-3H3. The molecule has 1 atom stereocenters. The third-order valence-electron chi connectivity index (χ3n) is 3.02. The Morgan fingerprint density at radius 2 is 1.79 bits per heavy atom. The summed E-state index contributed by atoms with van der Waals surface area (Å²) in [6.45, 7) is 7.03. The Morgan fingerprint density at radius 3 is 2.50 bits per heavy atom. The molecule has 1 rings (SSSR count). The van der Waals surface area contributed by atoms with E-state index >= 15 is 0 Å². The SMILES string of the molecule is CC(C)(C)CCC1CCC#CCCC1. The van der Waals surface area contributed by atoms with Gasteiger partial charge in [0.25, 0.3) is 0 Å². The van der Waals surface area contributed by atoms with Gasteiger partial charge in [-0.2, -0.15) is 0 Å². The lowest BCUT2D eigenvalue weighted by Crippen LogP contribution is -2.10. The summed E-state index contributed by atoms with van der Waals surface area (Å²) in [7, 11) is 0. The zero-order valence-corrected chi connectivity index (χ0v) is 10.0. The van der Waals surface area contributed by atoms with Gasteiger partial charge in [-0.25, -0.2) is 0 Å². The molecule has 0 radical (unpaired) electrons. The first kappa shape index (κ1) is 11.6. The summed E-state index contributed by atoms with van der Waals surface area (Å²) in [4.78, 5) is 0. The summed E-state index contributed by atoms with van der Waals surface area (Å²) in [5.74, 6) is 7.44. The van der Waals surface area contributed by atoms with Crippen LogP contribution in [0.3, 0.4) is 0 Å². The normalized spacial score (nSPS) is 23.2. The van der Waals surface area contributed by atoms with Gasteiger partial charge in [0.1, 0.15) is 0 Å². The van der Waals surface area contributed by atoms with E-state index in [1.807, 2.05) is 0 Å². The summed E-state index contributed by atoms with van der Waals surface area (Å²) < 4.78 is 0. The molecule has 14 heavy (non-hydrogen) atoms. The zero-order chi connectivity index (χ0) is 10.4. The van der Waals surface area contributed by atoms with E-state index in [2.05, 4.69) is 32.6 Å². The molecule has 0 fully saturated rings. The van der Waals surface area contributed by atoms with Crippen molar-refractivity contribution in [3.8, 4) is 11.8 Å². The van der Waals surface area contributed by atoms with E-state index in [4.69, 9.17) is 0 Å². The molecule has 0 spiro atoms. The second-order valence-electron chi connectivity index (χ2n) is 5.75. The van der Waals surface area contributed by atoms with Crippen molar-refractivity contribution >= 4 is 0 Å². The Kier molecular flexibility index (Phi) is 4.52. The van der Waals surface area contributed by atoms with Crippen LogP contribution in [-0.4, -0.2) is 0 Å². The molecule has 1 aliphatic carbocycles. The summed E-state index contributed by atoms with van der Waals surface area (Å²) >= 11 is 0. The predicted octanol–water partition coefficient (Wildman–Crippen LogP) is 4.40. The van der Waals surface area contributed by atoms with E-state index in [-0.39, 0.29) is 0 Å². The minimum absolute atomic E-state index is 0.508. The highest BCUT2D eigenvalue weighted by atomic mass is 14.2. The highest BCUT2D eigenvalue weighted by Gasteiger charge is 2.15. The molecular formula is C14H24. The minimum atomic E-state index is 0.508. The molecule has 0 bridgehead atoms. The van der Waals surface area contributed by atoms with Crippen molar-refractivity contribution in [1.82, 2.24) is 0 Å². The molecule has 0 heterocycles. The lowest BCUT2D eigenvalue weighted by atomic mass is 9.83. The van der Waals surface area contributed by atoms with Gasteiger partial charge in [0.2, 0.25) is 0 Å². The van der Waals surface area contributed by atoms with Gasteiger partial charge in [0, 0.05) is 12.8 Å². The van der Waals surface area contributed by atoms with E-state index < -0.39 is 0 Å². The topological polar surface area (TPSA) is 0 Å². The van der Waals surface area contributed by atoms with E-state index in [1.54, 1.807) is 0 Å². The predicted molar refractivity (Wildman–Crippen MR) is 63.0 cm³/mol. The summed E-state index contributed by atoms with van der Waals surface area (Å²) in [5, 5.41) is 0. The lowest BCUT2D eigenvalue weighted by molar-refractivity contribution is 0.301. The van der Waals surface area contributed by atoms with Crippen LogP contribution in [0, 0.1) is 23.2 Å². The van der Waals surface area contributed by atoms with Crippen LogP contribution >= 0.6 is 0 Å². The van der Waals surface area contributed by atoms with Gasteiger partial charge < -0.3 is 0 Å². The second-order valence-corrected chi connectivity index (χ2v) is 5.75. The Balaban J connectivity index is 2.27. The third kappa shape index (κ3) is 5.32. The molecule has 0 saturated carbocycles. The Hall–Kier alpha value is -0.440. The van der Waals surface area contributed by atoms with Crippen molar-refractivity contribution in [2.24, 2.45) is 11.3 Å². The fourth-order valence-electron chi connectivity index (χ4n) is 2.00. The molecule has 0 saturated heterocycles. The van der Waals surface area contributed by atoms with Crippen LogP contribution in [0.4, 0.5) is 0 Å². The molecule has 0 aromatic rings. The second kappa shape index (κ2) is 5.44. The quantitative estimate of drug-likeness (QED) is 0.569. The molecule has 80 valence electrons. The van der Waals surface area contributed by atoms with Crippen molar-refractivity contribution in [3.05, 3.63) is 0 Å². The van der Waals surface area contributed by atoms with Crippen LogP contribution in [0.5, 0.6) is 0 Å². The van der Waals surface area contributed by atoms with Gasteiger partial charge in [0.15, 0.2) is 0 Å². The number of hydrogen-bond donors (Lipinski definition) is 0. The van der Waals surface area contributed by atoms with Gasteiger partial charge in [-0.05, 0) is 43.4 Å². The number of hydrogen-bond acceptors (Lipinski definition) is 0. The summed E-state index contributed by atoms with van der Waals surface area (Å²) in [6, 6.07) is 0. The largest absolute Gasteiger partial charge is 0.103 e. The van der Waals surface area contributed by atoms with Crippen LogP contribution in [0.2, 0.25) is 0 Å². The Morgan fingerprint density at radius 1 is 1.07 bits per heavy atom. The van der Waals surface area contributed by atoms with Gasteiger partial charge in [-0.15, -0.1) is 11.8 Å². The van der Waals surface area contributed by atoms with Gasteiger partial charge in [-0.1, -0.05) is 20.8 Å². The molecule has 0 amide bonds. The van der Waals surface area contributed by atoms with Crippen LogP contribution in [0.1, 0.15) is 65.7 Å². The van der Waals surface area contributed by atoms with Crippen molar-refractivity contribution < 1.29 is 0 Å². The number of rotatable bonds is 2. The summed E-state index contributed by atoms with van der Waals surface area (Å²) in [6.07, 6.45) is 9.10. The monoisotopic (exact) mass is 192 g/mol. The molecule has 0 nitrogen and oxygen atoms in total. The molecule has 0 aromatic carbocycles. The van der Waals surface area contributed by atoms with E-state index in [9.17, 15) is 0 Å². The van der Waals surface area contributed by atoms with E-state index in [0.717, 1.165) is 18.8 Å². The first-order valence-electron chi connectivity index (χ1n) is 6.04. The van der Waals surface area contributed by atoms with Crippen molar-refractivity contribution in [1.29, 1.82) is 0 Å². The van der Waals surface area contributed by atoms with Crippen molar-refractivity contribution in [2.75, 3.05) is 0 Å². The van der Waals surface area contributed by atoms with Crippen molar-refractivity contribution in [3.63, 3.8) is 0 Å². The lowest BCUT2D eigenvalue weighted by Gasteiger charge is -2.23. The fraction of sp³-hybridized carbons (Fsp3) is 0.857. The maximum Gasteiger partial charge on any atom is 0.00913 e. The van der Waals surface area contributed by atoms with Crippen LogP contribution in [-0.2, 0) is 0 Å². The molecule has 0 heteroatoms. The first-order valence-corrected chi connectivity index (χ1v) is 6.04. The van der Waals surface area contributed by atoms with Crippen LogP contribution in [0.15, 0.2) is 0 Å². The minimum Gasteiger partial charge on any atom is -0.103 e. The average molecular weight is 192 g/mol. The Labute approximate surface area is 89.5 Å². The Bertz CT molecular complexity index is 208. The molecule has 1 aliphatic rings. The van der Waals surface area contributed by atoms with Gasteiger partial charge in [0.05, 0.1) is 0 Å². The molecule has 0 aromatic heterocycles. The molecule has 0 N–H and O–H groups in total. The first-order chi connectivity index (χ1) is 6.58. The van der Waals surface area contributed by atoms with E-state index in [0.29, 0.717) is 5.41 Å². The third-order valence-corrected chi connectivity index (χ3v) is 3.02. The fourth-order valence-corrected chi connectivity index (χ4v) is 2.00. The van der Waals surface area contributed by atoms with Gasteiger partial charge in [-0.3, -0.25) is 0 Å². The average Bonchev–Trinajstić information content (AvgIpc) is 2.00. The summed E-state index contributed by atoms with van der Waals surface area (Å²) in [5.41, 5.74) is 0.508. The molecular weight excluding hydrogens is 168 g/mol.